The van der Waals surface area contributed by atoms with E-state index in [0.717, 1.165) is 6.42 Å². The van der Waals surface area contributed by atoms with E-state index in [1.54, 1.807) is 0 Å². The van der Waals surface area contributed by atoms with Gasteiger partial charge in [0.25, 0.3) is 0 Å². The molecule has 1 unspecified atom stereocenters. The lowest BCUT2D eigenvalue weighted by molar-refractivity contribution is 0.202. The summed E-state index contributed by atoms with van der Waals surface area (Å²) in [5.41, 5.74) is 0.606. The topological polar surface area (TPSA) is 23.8 Å². The molecule has 118 valence electrons. The lowest BCUT2D eigenvalue weighted by atomic mass is 9.74. The summed E-state index contributed by atoms with van der Waals surface area (Å²) in [7, 11) is 0. The monoisotopic (exact) mass is 279 g/mol. The van der Waals surface area contributed by atoms with Gasteiger partial charge in [0.05, 0.1) is 6.07 Å². The van der Waals surface area contributed by atoms with Gasteiger partial charge < -0.3 is 0 Å². The predicted octanol–water partition coefficient (Wildman–Crippen LogP) is 6.87. The first-order valence-electron chi connectivity index (χ1n) is 9.03. The van der Waals surface area contributed by atoms with Crippen molar-refractivity contribution >= 4 is 0 Å². The molecule has 20 heavy (non-hydrogen) atoms. The zero-order valence-electron chi connectivity index (χ0n) is 14.5. The van der Waals surface area contributed by atoms with Crippen LogP contribution in [0, 0.1) is 22.7 Å². The Morgan fingerprint density at radius 1 is 0.850 bits per heavy atom. The summed E-state index contributed by atoms with van der Waals surface area (Å²) in [5, 5.41) is 8.79. The fourth-order valence-electron chi connectivity index (χ4n) is 3.20. The Kier molecular flexibility index (Phi) is 11.9. The maximum atomic E-state index is 8.79. The summed E-state index contributed by atoms with van der Waals surface area (Å²) in [6, 6.07) is 2.33. The third kappa shape index (κ3) is 8.62. The fraction of sp³-hybridized carbons (Fsp3) is 0.947. The average Bonchev–Trinajstić information content (AvgIpc) is 2.49. The van der Waals surface area contributed by atoms with Gasteiger partial charge in [-0.25, -0.2) is 0 Å². The molecule has 0 saturated carbocycles. The first-order chi connectivity index (χ1) is 9.64. The van der Waals surface area contributed by atoms with Crippen LogP contribution in [0.5, 0.6) is 0 Å². The van der Waals surface area contributed by atoms with Crippen LogP contribution in [0.3, 0.4) is 0 Å². The van der Waals surface area contributed by atoms with Crippen molar-refractivity contribution in [2.75, 3.05) is 0 Å². The Morgan fingerprint density at radius 2 is 1.40 bits per heavy atom. The van der Waals surface area contributed by atoms with Gasteiger partial charge in [-0.05, 0) is 31.6 Å². The Hall–Kier alpha value is -0.510. The van der Waals surface area contributed by atoms with E-state index in [0.29, 0.717) is 5.41 Å². The number of unbranched alkanes of at least 4 members (excludes halogenated alkanes) is 5. The van der Waals surface area contributed by atoms with E-state index in [9.17, 15) is 0 Å². The predicted molar refractivity (Wildman–Crippen MR) is 89.6 cm³/mol. The molecule has 0 aliphatic heterocycles. The number of rotatable bonds is 13. The molecule has 0 rings (SSSR count). The van der Waals surface area contributed by atoms with Gasteiger partial charge in [-0.3, -0.25) is 0 Å². The van der Waals surface area contributed by atoms with Gasteiger partial charge in [0, 0.05) is 5.92 Å². The van der Waals surface area contributed by atoms with Crippen LogP contribution in [0.15, 0.2) is 0 Å². The smallest absolute Gasteiger partial charge is 0.0652 e. The molecule has 0 amide bonds. The van der Waals surface area contributed by atoms with Crippen LogP contribution < -0.4 is 0 Å². The Labute approximate surface area is 128 Å². The number of nitrogens with zero attached hydrogens (tertiary/aromatic N) is 1. The van der Waals surface area contributed by atoms with Crippen LogP contribution in [0.1, 0.15) is 105 Å². The van der Waals surface area contributed by atoms with E-state index in [1.807, 2.05) is 6.92 Å². The number of hydrogen-bond acceptors (Lipinski definition) is 1. The molecule has 0 aliphatic carbocycles. The average molecular weight is 280 g/mol. The maximum absolute atomic E-state index is 8.79. The van der Waals surface area contributed by atoms with Gasteiger partial charge in [-0.2, -0.15) is 5.26 Å². The summed E-state index contributed by atoms with van der Waals surface area (Å²) in [6.07, 6.45) is 16.0. The van der Waals surface area contributed by atoms with Gasteiger partial charge in [0.15, 0.2) is 0 Å². The van der Waals surface area contributed by atoms with Crippen molar-refractivity contribution in [3.8, 4) is 6.07 Å². The maximum Gasteiger partial charge on any atom is 0.0652 e. The first kappa shape index (κ1) is 19.5. The molecule has 1 nitrogen and oxygen atoms in total. The molecule has 1 atom stereocenters. The van der Waals surface area contributed by atoms with Crippen molar-refractivity contribution in [1.82, 2.24) is 0 Å². The highest BCUT2D eigenvalue weighted by Gasteiger charge is 2.24. The molecule has 0 N–H and O–H groups in total. The second-order valence-electron chi connectivity index (χ2n) is 6.65. The van der Waals surface area contributed by atoms with Crippen LogP contribution in [-0.4, -0.2) is 0 Å². The van der Waals surface area contributed by atoms with Crippen LogP contribution in [-0.2, 0) is 0 Å². The fourth-order valence-corrected chi connectivity index (χ4v) is 3.20. The second-order valence-corrected chi connectivity index (χ2v) is 6.65. The van der Waals surface area contributed by atoms with Gasteiger partial charge in [0.1, 0.15) is 0 Å². The Morgan fingerprint density at radius 3 is 1.85 bits per heavy atom. The molecule has 0 radical (unpaired) electrons. The van der Waals surface area contributed by atoms with Crippen molar-refractivity contribution in [2.45, 2.75) is 105 Å². The minimum absolute atomic E-state index is 0.242. The van der Waals surface area contributed by atoms with Crippen LogP contribution in [0.2, 0.25) is 0 Å². The molecule has 0 aliphatic rings. The van der Waals surface area contributed by atoms with Crippen molar-refractivity contribution in [1.29, 1.82) is 5.26 Å². The van der Waals surface area contributed by atoms with E-state index >= 15 is 0 Å². The van der Waals surface area contributed by atoms with Gasteiger partial charge in [0.2, 0.25) is 0 Å². The molecule has 1 heteroatoms. The van der Waals surface area contributed by atoms with E-state index in [1.165, 1.54) is 70.6 Å². The molecular formula is C19H37N. The summed E-state index contributed by atoms with van der Waals surface area (Å²) in [5.74, 6) is 0.242. The van der Waals surface area contributed by atoms with Crippen LogP contribution >= 0.6 is 0 Å². The summed E-state index contributed by atoms with van der Waals surface area (Å²) in [6.45, 7) is 9.08. The highest BCUT2D eigenvalue weighted by molar-refractivity contribution is 4.79. The Bertz CT molecular complexity index is 247. The minimum Gasteiger partial charge on any atom is -0.198 e. The number of hydrogen-bond donors (Lipinski definition) is 0. The summed E-state index contributed by atoms with van der Waals surface area (Å²) in [4.78, 5) is 0. The lowest BCUT2D eigenvalue weighted by Crippen LogP contribution is -2.19. The third-order valence-electron chi connectivity index (χ3n) is 5.13. The quantitative estimate of drug-likeness (QED) is 0.337. The van der Waals surface area contributed by atoms with E-state index in [4.69, 9.17) is 5.26 Å². The number of nitriles is 1. The standard InChI is InChI=1S/C19H37N/c1-5-8-9-12-15-19(6-2,7-3)16-13-10-11-14-18(4)17-20/h18H,5-16H2,1-4H3. The molecule has 0 spiro atoms. The van der Waals surface area contributed by atoms with E-state index in [2.05, 4.69) is 26.8 Å². The molecule has 0 saturated heterocycles. The third-order valence-corrected chi connectivity index (χ3v) is 5.13. The zero-order chi connectivity index (χ0) is 15.3. The largest absolute Gasteiger partial charge is 0.198 e. The molecule has 0 heterocycles. The highest BCUT2D eigenvalue weighted by Crippen LogP contribution is 2.38. The molecule has 0 aromatic carbocycles. The van der Waals surface area contributed by atoms with E-state index < -0.39 is 0 Å². The van der Waals surface area contributed by atoms with Crippen molar-refractivity contribution in [2.24, 2.45) is 11.3 Å². The molecular weight excluding hydrogens is 242 g/mol. The first-order valence-corrected chi connectivity index (χ1v) is 9.03. The van der Waals surface area contributed by atoms with Gasteiger partial charge >= 0.3 is 0 Å². The van der Waals surface area contributed by atoms with Crippen molar-refractivity contribution in [3.63, 3.8) is 0 Å². The highest BCUT2D eigenvalue weighted by atomic mass is 14.3. The molecule has 0 aromatic heterocycles. The van der Waals surface area contributed by atoms with Gasteiger partial charge in [-0.15, -0.1) is 0 Å². The minimum atomic E-state index is 0.242. The molecule has 0 aromatic rings. The van der Waals surface area contributed by atoms with Gasteiger partial charge in [-0.1, -0.05) is 78.6 Å². The normalized spacial score (nSPS) is 13.2. The van der Waals surface area contributed by atoms with Crippen molar-refractivity contribution in [3.05, 3.63) is 0 Å². The summed E-state index contributed by atoms with van der Waals surface area (Å²) >= 11 is 0. The molecule has 0 fully saturated rings. The lowest BCUT2D eigenvalue weighted by Gasteiger charge is -2.32. The SMILES string of the molecule is CCCCCCC(CC)(CC)CCCCCC(C)C#N. The van der Waals surface area contributed by atoms with E-state index in [-0.39, 0.29) is 5.92 Å². The second kappa shape index (κ2) is 12.2. The molecule has 0 bridgehead atoms. The zero-order valence-corrected chi connectivity index (χ0v) is 14.5. The summed E-state index contributed by atoms with van der Waals surface area (Å²) < 4.78 is 0. The van der Waals surface area contributed by atoms with Crippen molar-refractivity contribution < 1.29 is 0 Å². The van der Waals surface area contributed by atoms with Crippen LogP contribution in [0.25, 0.3) is 0 Å². The van der Waals surface area contributed by atoms with Crippen LogP contribution in [0.4, 0.5) is 0 Å². The Balaban J connectivity index is 3.91.